The standard InChI is InChI=1S/C7H13NO2.Cs/c8-6-3-1-5(2-4-6)7(9)10;/h5-6H,1-4,8H2,(H,9,10);/q;+1/p-1. The van der Waals surface area contributed by atoms with Crippen molar-refractivity contribution in [1.82, 2.24) is 0 Å². The van der Waals surface area contributed by atoms with Crippen molar-refractivity contribution >= 4 is 5.97 Å². The van der Waals surface area contributed by atoms with Crippen LogP contribution in [0.4, 0.5) is 0 Å². The number of hydrogen-bond donors (Lipinski definition) is 1. The van der Waals surface area contributed by atoms with Gasteiger partial charge in [0.2, 0.25) is 0 Å². The van der Waals surface area contributed by atoms with E-state index in [9.17, 15) is 9.90 Å². The van der Waals surface area contributed by atoms with Crippen LogP contribution in [0, 0.1) is 5.92 Å². The minimum Gasteiger partial charge on any atom is -0.550 e. The van der Waals surface area contributed by atoms with Gasteiger partial charge in [-0.15, -0.1) is 0 Å². The summed E-state index contributed by atoms with van der Waals surface area (Å²) in [5.74, 6) is -1.15. The van der Waals surface area contributed by atoms with Crippen molar-refractivity contribution in [3.8, 4) is 0 Å². The first-order valence-electron chi connectivity index (χ1n) is 3.66. The summed E-state index contributed by atoms with van der Waals surface area (Å²) >= 11 is 0. The largest absolute Gasteiger partial charge is 1.00 e. The Kier molecular flexibility index (Phi) is 6.83. The van der Waals surface area contributed by atoms with Gasteiger partial charge >= 0.3 is 68.9 Å². The number of aliphatic carboxylic acids is 1. The molecule has 0 amide bonds. The Balaban J connectivity index is 0.000001000. The molecule has 0 atom stereocenters. The molecule has 0 aliphatic heterocycles. The summed E-state index contributed by atoms with van der Waals surface area (Å²) in [6, 6.07) is 0.218. The van der Waals surface area contributed by atoms with Crippen LogP contribution in [-0.2, 0) is 4.79 Å². The zero-order chi connectivity index (χ0) is 7.56. The van der Waals surface area contributed by atoms with Crippen molar-refractivity contribution in [2.75, 3.05) is 0 Å². The fourth-order valence-electron chi connectivity index (χ4n) is 1.35. The zero-order valence-corrected chi connectivity index (χ0v) is 13.2. The Morgan fingerprint density at radius 2 is 1.73 bits per heavy atom. The van der Waals surface area contributed by atoms with Gasteiger partial charge in [-0.1, -0.05) is 0 Å². The number of rotatable bonds is 1. The van der Waals surface area contributed by atoms with Gasteiger partial charge in [-0.25, -0.2) is 0 Å². The second-order valence-corrected chi connectivity index (χ2v) is 2.93. The van der Waals surface area contributed by atoms with Crippen LogP contribution in [0.25, 0.3) is 0 Å². The Labute approximate surface area is 126 Å². The first-order chi connectivity index (χ1) is 4.70. The molecule has 0 radical (unpaired) electrons. The van der Waals surface area contributed by atoms with E-state index >= 15 is 0 Å². The van der Waals surface area contributed by atoms with E-state index in [2.05, 4.69) is 0 Å². The smallest absolute Gasteiger partial charge is 0.550 e. The fraction of sp³-hybridized carbons (Fsp3) is 0.857. The molecule has 4 heteroatoms. The molecule has 0 spiro atoms. The number of carboxylic acids is 1. The topological polar surface area (TPSA) is 66.2 Å². The van der Waals surface area contributed by atoms with E-state index in [-0.39, 0.29) is 80.9 Å². The number of hydrogen-bond acceptors (Lipinski definition) is 3. The number of carboxylic acid groups (broad SMARTS) is 1. The maximum absolute atomic E-state index is 10.3. The second kappa shape index (κ2) is 6.02. The summed E-state index contributed by atoms with van der Waals surface area (Å²) in [5, 5.41) is 10.3. The van der Waals surface area contributed by atoms with Gasteiger partial charge in [0.1, 0.15) is 0 Å². The molecule has 1 aliphatic carbocycles. The zero-order valence-electron chi connectivity index (χ0n) is 6.88. The first-order valence-corrected chi connectivity index (χ1v) is 3.66. The van der Waals surface area contributed by atoms with Crippen LogP contribution in [0.15, 0.2) is 0 Å². The van der Waals surface area contributed by atoms with Crippen LogP contribution in [0.5, 0.6) is 0 Å². The Hall–Kier alpha value is 1.48. The molecule has 1 saturated carbocycles. The van der Waals surface area contributed by atoms with Crippen LogP contribution >= 0.6 is 0 Å². The molecule has 1 fully saturated rings. The normalized spacial score (nSPS) is 30.6. The molecule has 11 heavy (non-hydrogen) atoms. The molecular formula is C7H12CsNO2. The van der Waals surface area contributed by atoms with Crippen molar-refractivity contribution < 1.29 is 78.8 Å². The third-order valence-electron chi connectivity index (χ3n) is 2.11. The predicted molar refractivity (Wildman–Crippen MR) is 34.9 cm³/mol. The van der Waals surface area contributed by atoms with Crippen molar-refractivity contribution in [2.24, 2.45) is 11.7 Å². The van der Waals surface area contributed by atoms with E-state index in [0.717, 1.165) is 12.8 Å². The third-order valence-corrected chi connectivity index (χ3v) is 2.11. The molecule has 0 bridgehead atoms. The van der Waals surface area contributed by atoms with Crippen molar-refractivity contribution in [3.63, 3.8) is 0 Å². The average molecular weight is 275 g/mol. The van der Waals surface area contributed by atoms with Crippen LogP contribution in [-0.4, -0.2) is 12.0 Å². The van der Waals surface area contributed by atoms with Gasteiger partial charge in [-0.05, 0) is 31.6 Å². The quantitative estimate of drug-likeness (QED) is 0.535. The number of nitrogens with two attached hydrogens (primary N) is 1. The molecule has 0 heterocycles. The summed E-state index contributed by atoms with van der Waals surface area (Å²) in [6.07, 6.45) is 3.06. The Morgan fingerprint density at radius 1 is 1.27 bits per heavy atom. The molecule has 3 nitrogen and oxygen atoms in total. The molecule has 0 unspecified atom stereocenters. The van der Waals surface area contributed by atoms with Gasteiger partial charge in [0.05, 0.1) is 0 Å². The van der Waals surface area contributed by atoms with E-state index in [4.69, 9.17) is 5.73 Å². The van der Waals surface area contributed by atoms with E-state index in [1.54, 1.807) is 0 Å². The van der Waals surface area contributed by atoms with Crippen molar-refractivity contribution in [1.29, 1.82) is 0 Å². The van der Waals surface area contributed by atoms with Crippen molar-refractivity contribution in [3.05, 3.63) is 0 Å². The third kappa shape index (κ3) is 4.31. The van der Waals surface area contributed by atoms with Gasteiger partial charge in [0, 0.05) is 12.0 Å². The van der Waals surface area contributed by atoms with Crippen LogP contribution in [0.1, 0.15) is 25.7 Å². The monoisotopic (exact) mass is 275 g/mol. The van der Waals surface area contributed by atoms with Gasteiger partial charge in [0.25, 0.3) is 0 Å². The molecule has 1 aliphatic rings. The van der Waals surface area contributed by atoms with Crippen molar-refractivity contribution in [2.45, 2.75) is 31.7 Å². The van der Waals surface area contributed by atoms with Gasteiger partial charge in [-0.3, -0.25) is 0 Å². The average Bonchev–Trinajstić information content (AvgIpc) is 1.88. The Morgan fingerprint density at radius 3 is 2.09 bits per heavy atom. The van der Waals surface area contributed by atoms with Gasteiger partial charge in [0.15, 0.2) is 0 Å². The van der Waals surface area contributed by atoms with E-state index in [0.29, 0.717) is 12.8 Å². The Bertz CT molecular complexity index is 132. The van der Waals surface area contributed by atoms with Gasteiger partial charge in [-0.2, -0.15) is 0 Å². The first kappa shape index (κ1) is 12.5. The van der Waals surface area contributed by atoms with Crippen LogP contribution in [0.2, 0.25) is 0 Å². The minimum atomic E-state index is -0.910. The van der Waals surface area contributed by atoms with E-state index in [1.165, 1.54) is 0 Å². The van der Waals surface area contributed by atoms with E-state index < -0.39 is 5.97 Å². The molecule has 2 N–H and O–H groups in total. The summed E-state index contributed by atoms with van der Waals surface area (Å²) in [4.78, 5) is 10.3. The summed E-state index contributed by atoms with van der Waals surface area (Å²) in [7, 11) is 0. The summed E-state index contributed by atoms with van der Waals surface area (Å²) in [6.45, 7) is 0. The molecule has 1 rings (SSSR count). The fourth-order valence-corrected chi connectivity index (χ4v) is 1.35. The maximum atomic E-state index is 10.3. The van der Waals surface area contributed by atoms with Gasteiger partial charge < -0.3 is 15.6 Å². The molecule has 0 aromatic rings. The second-order valence-electron chi connectivity index (χ2n) is 2.93. The minimum absolute atomic E-state index is 0. The van der Waals surface area contributed by atoms with Crippen LogP contribution < -0.4 is 79.7 Å². The summed E-state index contributed by atoms with van der Waals surface area (Å²) in [5.41, 5.74) is 5.58. The SMILES string of the molecule is NC1CCC(C(=O)[O-])CC1.[Cs+]. The molecule has 0 aromatic carbocycles. The maximum Gasteiger partial charge on any atom is 1.00 e. The molecule has 0 saturated heterocycles. The van der Waals surface area contributed by atoms with E-state index in [1.807, 2.05) is 0 Å². The number of carbonyl (C=O) groups excluding carboxylic acids is 1. The predicted octanol–water partition coefficient (Wildman–Crippen LogP) is -3.74. The molecular weight excluding hydrogens is 263 g/mol. The molecule has 0 aromatic heterocycles. The molecule has 58 valence electrons. The van der Waals surface area contributed by atoms with Crippen LogP contribution in [0.3, 0.4) is 0 Å². The summed E-state index contributed by atoms with van der Waals surface area (Å²) < 4.78 is 0. The number of carbonyl (C=O) groups is 1.